The van der Waals surface area contributed by atoms with Gasteiger partial charge in [-0.25, -0.2) is 0 Å². The normalized spacial score (nSPS) is 10.6. The molecule has 1 heterocycles. The molecule has 27 heavy (non-hydrogen) atoms. The number of nitrogens with two attached hydrogens (primary N) is 1. The Morgan fingerprint density at radius 1 is 1.26 bits per heavy atom. The van der Waals surface area contributed by atoms with Gasteiger partial charge in [-0.3, -0.25) is 9.48 Å². The highest BCUT2D eigenvalue weighted by Crippen LogP contribution is 2.17. The van der Waals surface area contributed by atoms with Gasteiger partial charge in [0.05, 0.1) is 13.1 Å². The molecule has 3 aromatic rings. The van der Waals surface area contributed by atoms with Crippen LogP contribution in [0, 0.1) is 0 Å². The molecule has 1 amide bonds. The van der Waals surface area contributed by atoms with E-state index in [2.05, 4.69) is 26.3 Å². The second-order valence-corrected chi connectivity index (χ2v) is 7.17. The highest BCUT2D eigenvalue weighted by atomic mass is 79.9. The molecule has 6 nitrogen and oxygen atoms in total. The van der Waals surface area contributed by atoms with Crippen molar-refractivity contribution in [3.63, 3.8) is 0 Å². The van der Waals surface area contributed by atoms with Gasteiger partial charge in [0.15, 0.2) is 5.82 Å². The zero-order valence-electron chi connectivity index (χ0n) is 14.4. The molecular formula is C19H18BrClN4O2. The zero-order chi connectivity index (χ0) is 19.2. The van der Waals surface area contributed by atoms with Crippen LogP contribution >= 0.6 is 27.5 Å². The second kappa shape index (κ2) is 8.92. The molecule has 0 aliphatic heterocycles. The van der Waals surface area contributed by atoms with E-state index in [1.54, 1.807) is 35.1 Å². The van der Waals surface area contributed by atoms with Crippen LogP contribution in [0.5, 0.6) is 5.75 Å². The number of ether oxygens (including phenoxy) is 1. The van der Waals surface area contributed by atoms with E-state index in [0.717, 1.165) is 10.0 Å². The van der Waals surface area contributed by atoms with Crippen LogP contribution in [0.1, 0.15) is 15.9 Å². The first-order valence-electron chi connectivity index (χ1n) is 8.25. The van der Waals surface area contributed by atoms with E-state index in [1.807, 2.05) is 24.3 Å². The maximum absolute atomic E-state index is 12.3. The molecule has 2 aromatic carbocycles. The van der Waals surface area contributed by atoms with Crippen LogP contribution in [-0.2, 0) is 6.54 Å². The Morgan fingerprint density at radius 3 is 2.85 bits per heavy atom. The van der Waals surface area contributed by atoms with Crippen molar-refractivity contribution in [3.05, 3.63) is 75.4 Å². The van der Waals surface area contributed by atoms with Gasteiger partial charge in [-0.2, -0.15) is 5.10 Å². The number of benzene rings is 2. The summed E-state index contributed by atoms with van der Waals surface area (Å²) in [6.45, 7) is 1.18. The number of hydrogen-bond acceptors (Lipinski definition) is 4. The minimum Gasteiger partial charge on any atom is -0.492 e. The van der Waals surface area contributed by atoms with Crippen LogP contribution in [0.2, 0.25) is 5.02 Å². The largest absolute Gasteiger partial charge is 0.492 e. The highest BCUT2D eigenvalue weighted by molar-refractivity contribution is 9.10. The quantitative estimate of drug-likeness (QED) is 0.538. The predicted molar refractivity (Wildman–Crippen MR) is 109 cm³/mol. The number of carbonyl (C=O) groups is 1. The number of carbonyl (C=O) groups excluding carboxylic acids is 1. The summed E-state index contributed by atoms with van der Waals surface area (Å²) in [5.74, 6) is 0.555. The molecule has 1 aromatic heterocycles. The van der Waals surface area contributed by atoms with E-state index in [1.165, 1.54) is 0 Å². The molecule has 0 aliphatic carbocycles. The molecule has 0 radical (unpaired) electrons. The first-order chi connectivity index (χ1) is 13.0. The van der Waals surface area contributed by atoms with E-state index >= 15 is 0 Å². The third-order valence-corrected chi connectivity index (χ3v) is 4.45. The van der Waals surface area contributed by atoms with Gasteiger partial charge < -0.3 is 15.8 Å². The van der Waals surface area contributed by atoms with E-state index in [9.17, 15) is 4.79 Å². The van der Waals surface area contributed by atoms with Crippen molar-refractivity contribution >= 4 is 39.3 Å². The summed E-state index contributed by atoms with van der Waals surface area (Å²) in [5.41, 5.74) is 7.28. The summed E-state index contributed by atoms with van der Waals surface area (Å²) in [6.07, 6.45) is 1.64. The third kappa shape index (κ3) is 5.48. The van der Waals surface area contributed by atoms with E-state index in [4.69, 9.17) is 22.1 Å². The number of hydrogen-bond donors (Lipinski definition) is 2. The number of nitrogen functional groups attached to an aromatic ring is 1. The Hall–Kier alpha value is -2.51. The number of amides is 1. The van der Waals surface area contributed by atoms with Gasteiger partial charge in [0.1, 0.15) is 17.9 Å². The van der Waals surface area contributed by atoms with Crippen molar-refractivity contribution in [2.45, 2.75) is 6.54 Å². The number of nitrogens with one attached hydrogen (secondary N) is 1. The number of anilines is 1. The van der Waals surface area contributed by atoms with Crippen molar-refractivity contribution in [3.8, 4) is 5.75 Å². The average molecular weight is 450 g/mol. The smallest absolute Gasteiger partial charge is 0.256 e. The molecule has 140 valence electrons. The molecule has 8 heteroatoms. The fourth-order valence-corrected chi connectivity index (χ4v) is 3.13. The monoisotopic (exact) mass is 448 g/mol. The number of aromatic nitrogens is 2. The molecule has 0 aliphatic rings. The predicted octanol–water partition coefficient (Wildman–Crippen LogP) is 3.74. The third-order valence-electron chi connectivity index (χ3n) is 3.72. The lowest BCUT2D eigenvalue weighted by atomic mass is 10.2. The summed E-state index contributed by atoms with van der Waals surface area (Å²) in [5, 5.41) is 7.59. The lowest BCUT2D eigenvalue weighted by Crippen LogP contribution is -2.28. The van der Waals surface area contributed by atoms with Gasteiger partial charge in [-0.15, -0.1) is 0 Å². The Bertz CT molecular complexity index is 945. The van der Waals surface area contributed by atoms with Gasteiger partial charge >= 0.3 is 0 Å². The van der Waals surface area contributed by atoms with Crippen molar-refractivity contribution in [1.29, 1.82) is 0 Å². The summed E-state index contributed by atoms with van der Waals surface area (Å²) >= 11 is 9.34. The fraction of sp³-hybridized carbons (Fsp3) is 0.158. The maximum atomic E-state index is 12.3. The summed E-state index contributed by atoms with van der Waals surface area (Å²) in [6, 6.07) is 15.0. The molecule has 0 saturated carbocycles. The average Bonchev–Trinajstić information content (AvgIpc) is 2.99. The van der Waals surface area contributed by atoms with Crippen LogP contribution < -0.4 is 15.8 Å². The lowest BCUT2D eigenvalue weighted by Gasteiger charge is -2.07. The first-order valence-corrected chi connectivity index (χ1v) is 9.42. The van der Waals surface area contributed by atoms with Crippen molar-refractivity contribution < 1.29 is 9.53 Å². The van der Waals surface area contributed by atoms with Crippen molar-refractivity contribution in [2.75, 3.05) is 18.9 Å². The van der Waals surface area contributed by atoms with Crippen LogP contribution in [0.3, 0.4) is 0 Å². The second-order valence-electron chi connectivity index (χ2n) is 5.82. The molecule has 0 fully saturated rings. The van der Waals surface area contributed by atoms with Gasteiger partial charge in [-0.05, 0) is 35.9 Å². The fourth-order valence-electron chi connectivity index (χ4n) is 2.50. The Labute approximate surface area is 170 Å². The summed E-state index contributed by atoms with van der Waals surface area (Å²) < 4.78 is 8.17. The molecular weight excluding hydrogens is 432 g/mol. The molecule has 3 N–H and O–H groups in total. The molecule has 0 spiro atoms. The lowest BCUT2D eigenvalue weighted by molar-refractivity contribution is 0.0947. The summed E-state index contributed by atoms with van der Waals surface area (Å²) in [7, 11) is 0. The van der Waals surface area contributed by atoms with Crippen LogP contribution in [0.25, 0.3) is 0 Å². The first kappa shape index (κ1) is 19.3. The summed E-state index contributed by atoms with van der Waals surface area (Å²) in [4.78, 5) is 12.3. The topological polar surface area (TPSA) is 82.2 Å². The molecule has 3 rings (SSSR count). The Morgan fingerprint density at radius 2 is 2.07 bits per heavy atom. The van der Waals surface area contributed by atoms with E-state index in [0.29, 0.717) is 36.0 Å². The maximum Gasteiger partial charge on any atom is 0.256 e. The van der Waals surface area contributed by atoms with Crippen LogP contribution in [0.15, 0.2) is 59.2 Å². The number of halogens is 2. The zero-order valence-corrected chi connectivity index (χ0v) is 16.7. The molecule has 0 saturated heterocycles. The number of rotatable bonds is 7. The van der Waals surface area contributed by atoms with Crippen LogP contribution in [0.4, 0.5) is 5.82 Å². The van der Waals surface area contributed by atoms with E-state index < -0.39 is 0 Å². The van der Waals surface area contributed by atoms with Crippen LogP contribution in [-0.4, -0.2) is 28.8 Å². The molecule has 0 unspecified atom stereocenters. The minimum atomic E-state index is -0.289. The van der Waals surface area contributed by atoms with E-state index in [-0.39, 0.29) is 11.7 Å². The van der Waals surface area contributed by atoms with Crippen molar-refractivity contribution in [1.82, 2.24) is 15.1 Å². The van der Waals surface area contributed by atoms with Gasteiger partial charge in [-0.1, -0.05) is 45.7 Å². The van der Waals surface area contributed by atoms with Gasteiger partial charge in [0.25, 0.3) is 5.91 Å². The standard InChI is InChI=1S/C19H18BrClN4O2/c20-14-4-1-3-13(9-14)11-25-12-17(18(22)24-25)19(26)23-7-8-27-16-6-2-5-15(21)10-16/h1-6,9-10,12H,7-8,11H2,(H2,22,24)(H,23,26). The Kier molecular flexibility index (Phi) is 6.36. The number of nitrogens with zero attached hydrogens (tertiary/aromatic N) is 2. The molecule has 0 bridgehead atoms. The SMILES string of the molecule is Nc1nn(Cc2cccc(Br)c2)cc1C(=O)NCCOc1cccc(Cl)c1. The van der Waals surface area contributed by atoms with Crippen molar-refractivity contribution in [2.24, 2.45) is 0 Å². The minimum absolute atomic E-state index is 0.193. The van der Waals surface area contributed by atoms with Gasteiger partial charge in [0, 0.05) is 15.7 Å². The highest BCUT2D eigenvalue weighted by Gasteiger charge is 2.14. The van der Waals surface area contributed by atoms with Gasteiger partial charge in [0.2, 0.25) is 0 Å². The molecule has 0 atom stereocenters. The Balaban J connectivity index is 1.53.